The van der Waals surface area contributed by atoms with Crippen molar-refractivity contribution in [2.45, 2.75) is 52.2 Å². The molecule has 0 aliphatic rings. The maximum Gasteiger partial charge on any atom is 0.303 e. The van der Waals surface area contributed by atoms with Gasteiger partial charge in [-0.25, -0.2) is 8.42 Å². The molecule has 0 bridgehead atoms. The van der Waals surface area contributed by atoms with Crippen LogP contribution in [0.3, 0.4) is 0 Å². The van der Waals surface area contributed by atoms with Crippen molar-refractivity contribution in [3.8, 4) is 11.5 Å². The quantitative estimate of drug-likeness (QED) is 0.197. The average molecular weight is 624 g/mol. The predicted molar refractivity (Wildman–Crippen MR) is 152 cm³/mol. The van der Waals surface area contributed by atoms with Crippen molar-refractivity contribution in [3.63, 3.8) is 0 Å². The van der Waals surface area contributed by atoms with Gasteiger partial charge in [-0.1, -0.05) is 56.1 Å². The summed E-state index contributed by atoms with van der Waals surface area (Å²) in [7, 11) is -3.36. The molecule has 2 aromatic carbocycles. The molecule has 0 aliphatic heterocycles. The lowest BCUT2D eigenvalue weighted by Gasteiger charge is -2.27. The topological polar surface area (TPSA) is 105 Å². The van der Waals surface area contributed by atoms with Crippen LogP contribution in [0.15, 0.2) is 36.4 Å². The van der Waals surface area contributed by atoms with E-state index < -0.39 is 39.4 Å². The van der Waals surface area contributed by atoms with E-state index in [0.29, 0.717) is 15.8 Å². The van der Waals surface area contributed by atoms with Crippen LogP contribution in [0.25, 0.3) is 0 Å². The number of carbonyl (C=O) groups is 2. The molecule has 0 heterocycles. The summed E-state index contributed by atoms with van der Waals surface area (Å²) in [6.07, 6.45) is -1.56. The SMILES string of the molecule is CCS(=O)(=O)C[C@@H](COc1ccc(C(C)(C)c2cc(Cl)c(OC[C@@H](CCl)OC(C)=O)c(Cl)c2)cc1)OC(C)=O. The summed E-state index contributed by atoms with van der Waals surface area (Å²) >= 11 is 18.8. The highest BCUT2D eigenvalue weighted by Crippen LogP contribution is 2.40. The molecule has 12 heteroatoms. The van der Waals surface area contributed by atoms with Gasteiger partial charge in [-0.05, 0) is 35.4 Å². The monoisotopic (exact) mass is 622 g/mol. The zero-order chi connectivity index (χ0) is 29.4. The lowest BCUT2D eigenvalue weighted by atomic mass is 9.78. The Morgan fingerprint density at radius 1 is 0.872 bits per heavy atom. The molecule has 0 fully saturated rings. The van der Waals surface area contributed by atoms with Crippen LogP contribution in [0.2, 0.25) is 10.0 Å². The number of benzene rings is 2. The zero-order valence-electron chi connectivity index (χ0n) is 22.5. The fraction of sp³-hybridized carbons (Fsp3) is 0.481. The summed E-state index contributed by atoms with van der Waals surface area (Å²) in [6.45, 7) is 7.94. The number of rotatable bonds is 14. The molecule has 0 saturated carbocycles. The fourth-order valence-electron chi connectivity index (χ4n) is 3.66. The summed E-state index contributed by atoms with van der Waals surface area (Å²) in [5.41, 5.74) is 1.24. The summed E-state index contributed by atoms with van der Waals surface area (Å²) in [6, 6.07) is 10.8. The third kappa shape index (κ3) is 10.0. The van der Waals surface area contributed by atoms with Crippen molar-refractivity contribution < 1.29 is 37.0 Å². The van der Waals surface area contributed by atoms with Gasteiger partial charge >= 0.3 is 11.9 Å². The second-order valence-corrected chi connectivity index (χ2v) is 12.9. The van der Waals surface area contributed by atoms with Gasteiger partial charge in [0.2, 0.25) is 0 Å². The van der Waals surface area contributed by atoms with Crippen LogP contribution in [0.1, 0.15) is 45.7 Å². The van der Waals surface area contributed by atoms with E-state index in [1.165, 1.54) is 20.8 Å². The minimum Gasteiger partial charge on any atom is -0.490 e. The lowest BCUT2D eigenvalue weighted by Crippen LogP contribution is -2.32. The molecule has 0 radical (unpaired) electrons. The van der Waals surface area contributed by atoms with Gasteiger partial charge in [0.15, 0.2) is 15.6 Å². The van der Waals surface area contributed by atoms with E-state index in [0.717, 1.165) is 11.1 Å². The summed E-state index contributed by atoms with van der Waals surface area (Å²) in [4.78, 5) is 22.6. The Morgan fingerprint density at radius 2 is 1.38 bits per heavy atom. The first-order valence-corrected chi connectivity index (χ1v) is 15.3. The molecule has 0 unspecified atom stereocenters. The van der Waals surface area contributed by atoms with Gasteiger partial charge in [-0.3, -0.25) is 9.59 Å². The fourth-order valence-corrected chi connectivity index (χ4v) is 5.37. The molecule has 2 atom stereocenters. The molecule has 0 aliphatic carbocycles. The Balaban J connectivity index is 2.15. The van der Waals surface area contributed by atoms with E-state index in [2.05, 4.69) is 0 Å². The van der Waals surface area contributed by atoms with E-state index >= 15 is 0 Å². The van der Waals surface area contributed by atoms with E-state index in [9.17, 15) is 18.0 Å². The Kier molecular flexibility index (Phi) is 12.2. The second-order valence-electron chi connectivity index (χ2n) is 9.36. The maximum atomic E-state index is 12.0. The molecule has 0 aromatic heterocycles. The van der Waals surface area contributed by atoms with Gasteiger partial charge in [0.1, 0.15) is 31.2 Å². The van der Waals surface area contributed by atoms with Crippen LogP contribution in [0.5, 0.6) is 11.5 Å². The highest BCUT2D eigenvalue weighted by atomic mass is 35.5. The first kappa shape index (κ1) is 33.0. The Bertz CT molecular complexity index is 1220. The molecule has 8 nitrogen and oxygen atoms in total. The number of sulfone groups is 1. The highest BCUT2D eigenvalue weighted by molar-refractivity contribution is 7.91. The van der Waals surface area contributed by atoms with Gasteiger partial charge in [-0.2, -0.15) is 0 Å². The number of alkyl halides is 1. The summed E-state index contributed by atoms with van der Waals surface area (Å²) in [5.74, 6) is -0.614. The van der Waals surface area contributed by atoms with Gasteiger partial charge in [0, 0.05) is 25.0 Å². The Morgan fingerprint density at radius 3 is 1.87 bits per heavy atom. The third-order valence-electron chi connectivity index (χ3n) is 5.86. The Labute approximate surface area is 244 Å². The minimum atomic E-state index is -3.36. The molecule has 39 heavy (non-hydrogen) atoms. The van der Waals surface area contributed by atoms with Crippen LogP contribution in [-0.2, 0) is 34.3 Å². The van der Waals surface area contributed by atoms with Crippen LogP contribution < -0.4 is 9.47 Å². The lowest BCUT2D eigenvalue weighted by molar-refractivity contribution is -0.147. The van der Waals surface area contributed by atoms with E-state index in [1.807, 2.05) is 26.0 Å². The number of hydrogen-bond donors (Lipinski definition) is 0. The zero-order valence-corrected chi connectivity index (χ0v) is 25.5. The van der Waals surface area contributed by atoms with E-state index in [4.69, 9.17) is 53.8 Å². The molecular formula is C27H33Cl3O8S. The molecule has 0 N–H and O–H groups in total. The van der Waals surface area contributed by atoms with Crippen LogP contribution in [-0.4, -0.2) is 63.2 Å². The minimum absolute atomic E-state index is 0.00455. The average Bonchev–Trinajstić information content (AvgIpc) is 2.85. The van der Waals surface area contributed by atoms with Crippen molar-refractivity contribution in [1.82, 2.24) is 0 Å². The first-order valence-electron chi connectivity index (χ1n) is 12.1. The van der Waals surface area contributed by atoms with Crippen molar-refractivity contribution in [3.05, 3.63) is 57.6 Å². The van der Waals surface area contributed by atoms with Crippen LogP contribution >= 0.6 is 34.8 Å². The standard InChI is InChI=1S/C27H33Cl3O8S/c1-6-39(33,34)16-23(38-18(3)32)15-35-21-9-7-19(8-10-21)27(4,5)20-11-24(29)26(25(30)12-20)36-14-22(13-28)37-17(2)31/h7-12,22-23H,6,13-16H2,1-5H3/t22-,23-/m1/s1. The number of hydrogen-bond acceptors (Lipinski definition) is 8. The molecule has 2 aromatic rings. The smallest absolute Gasteiger partial charge is 0.303 e. The molecule has 216 valence electrons. The summed E-state index contributed by atoms with van der Waals surface area (Å²) < 4.78 is 45.6. The van der Waals surface area contributed by atoms with E-state index in [-0.39, 0.29) is 36.3 Å². The first-order chi connectivity index (χ1) is 18.2. The second kappa shape index (κ2) is 14.4. The van der Waals surface area contributed by atoms with Crippen molar-refractivity contribution >= 4 is 56.6 Å². The molecule has 2 rings (SSSR count). The van der Waals surface area contributed by atoms with Gasteiger partial charge in [0.25, 0.3) is 0 Å². The van der Waals surface area contributed by atoms with Crippen molar-refractivity contribution in [2.24, 2.45) is 0 Å². The van der Waals surface area contributed by atoms with Gasteiger partial charge in [0.05, 0.1) is 21.7 Å². The highest BCUT2D eigenvalue weighted by Gasteiger charge is 2.27. The van der Waals surface area contributed by atoms with E-state index in [1.54, 1.807) is 24.3 Å². The van der Waals surface area contributed by atoms with Crippen molar-refractivity contribution in [2.75, 3.05) is 30.6 Å². The van der Waals surface area contributed by atoms with Gasteiger partial charge in [-0.15, -0.1) is 11.6 Å². The number of carbonyl (C=O) groups excluding carboxylic acids is 2. The van der Waals surface area contributed by atoms with Gasteiger partial charge < -0.3 is 18.9 Å². The number of halogens is 3. The Hall–Kier alpha value is -2.20. The molecule has 0 saturated heterocycles. The van der Waals surface area contributed by atoms with Crippen LogP contribution in [0, 0.1) is 0 Å². The third-order valence-corrected chi connectivity index (χ3v) is 8.53. The molecular weight excluding hydrogens is 591 g/mol. The van der Waals surface area contributed by atoms with Crippen molar-refractivity contribution in [1.29, 1.82) is 0 Å². The van der Waals surface area contributed by atoms with Crippen LogP contribution in [0.4, 0.5) is 0 Å². The predicted octanol–water partition coefficient (Wildman–Crippen LogP) is 5.61. The number of ether oxygens (including phenoxy) is 4. The largest absolute Gasteiger partial charge is 0.490 e. The number of esters is 2. The maximum absolute atomic E-state index is 12.0. The summed E-state index contributed by atoms with van der Waals surface area (Å²) in [5, 5.41) is 0.584. The molecule has 0 spiro atoms. The molecule has 0 amide bonds. The normalized spacial score (nSPS) is 13.3.